The van der Waals surface area contributed by atoms with Crippen molar-refractivity contribution >= 4 is 12.3 Å². The van der Waals surface area contributed by atoms with Crippen molar-refractivity contribution < 1.29 is 38.7 Å². The average Bonchev–Trinajstić information content (AvgIpc) is 3.50. The van der Waals surface area contributed by atoms with E-state index in [1.165, 1.54) is 0 Å². The lowest BCUT2D eigenvalue weighted by Gasteiger charge is -2.58. The van der Waals surface area contributed by atoms with Crippen LogP contribution in [0.5, 0.6) is 0 Å². The molecule has 0 spiro atoms. The fourth-order valence-electron chi connectivity index (χ4n) is 9.93. The highest BCUT2D eigenvalue weighted by Crippen LogP contribution is 2.82. The molecule has 5 fully saturated rings. The van der Waals surface area contributed by atoms with Gasteiger partial charge in [0.2, 0.25) is 0 Å². The van der Waals surface area contributed by atoms with E-state index in [0.29, 0.717) is 12.3 Å². The molecule has 8 heteroatoms. The summed E-state index contributed by atoms with van der Waals surface area (Å²) in [6.45, 7) is 11.9. The molecule has 3 saturated carbocycles. The van der Waals surface area contributed by atoms with Gasteiger partial charge < -0.3 is 34.0 Å². The summed E-state index contributed by atoms with van der Waals surface area (Å²) < 4.78 is 24.8. The SMILES string of the molecule is CC(C)C1=C[C@@H]2C[C@@]3(C=O)[C@H]4CC[C@H](C)[C@@H]4C[C@]2(CO[C@@H]2O[C@H](C)[C@@H](O)[C@@H]4OC(C)(C)O[C@H]24)[C@@]13C(=O)O. The normalized spacial score (nSPS) is 53.2. The number of aliphatic hydroxyl groups is 1. The Hall–Kier alpha value is -1.32. The van der Waals surface area contributed by atoms with Gasteiger partial charge in [0.25, 0.3) is 0 Å². The van der Waals surface area contributed by atoms with Crippen LogP contribution in [-0.2, 0) is 28.5 Å². The first-order valence-corrected chi connectivity index (χ1v) is 14.1. The van der Waals surface area contributed by atoms with E-state index in [-0.39, 0.29) is 30.3 Å². The van der Waals surface area contributed by atoms with Gasteiger partial charge in [-0.05, 0) is 69.6 Å². The topological polar surface area (TPSA) is 112 Å². The molecule has 6 rings (SSSR count). The molecule has 0 aromatic carbocycles. The van der Waals surface area contributed by atoms with Crippen LogP contribution in [0.2, 0.25) is 0 Å². The van der Waals surface area contributed by atoms with Crippen molar-refractivity contribution in [3.05, 3.63) is 11.6 Å². The molecular formula is C29H42O8. The van der Waals surface area contributed by atoms with Crippen LogP contribution in [0.4, 0.5) is 0 Å². The number of rotatable bonds is 6. The summed E-state index contributed by atoms with van der Waals surface area (Å²) in [5.41, 5.74) is -2.08. The van der Waals surface area contributed by atoms with E-state index in [1.54, 1.807) is 20.8 Å². The van der Waals surface area contributed by atoms with Gasteiger partial charge in [0.05, 0.1) is 18.1 Å². The zero-order valence-electron chi connectivity index (χ0n) is 22.8. The number of carbonyl (C=O) groups excluding carboxylic acids is 1. The number of fused-ring (bicyclic) bond motifs is 3. The van der Waals surface area contributed by atoms with Gasteiger partial charge in [-0.25, -0.2) is 0 Å². The summed E-state index contributed by atoms with van der Waals surface area (Å²) in [5, 5.41) is 21.8. The number of carboxylic acid groups (broad SMARTS) is 1. The van der Waals surface area contributed by atoms with Crippen molar-refractivity contribution in [2.24, 2.45) is 45.8 Å². The standard InChI is InChI=1S/C29H42O8/c1-14(2)20-9-17-10-27(12-30)19-8-7-15(3)18(19)11-28(17,29(20,27)25(32)33)13-34-24-23-22(21(31)16(4)35-24)36-26(5,6)37-23/h9,12,14-19,21-24,31H,7-8,10-11,13H2,1-6H3,(H,32,33)/t15-,16+,17+,18-,19-,21+,22-,23-,24+,27+,28+,29+/m0/s1. The van der Waals surface area contributed by atoms with Crippen LogP contribution >= 0.6 is 0 Å². The molecule has 0 amide bonds. The number of aliphatic hydroxyl groups excluding tert-OH is 1. The fraction of sp³-hybridized carbons (Fsp3) is 0.862. The smallest absolute Gasteiger partial charge is 0.315 e. The Morgan fingerprint density at radius 1 is 1.19 bits per heavy atom. The zero-order chi connectivity index (χ0) is 26.7. The molecule has 0 aromatic heterocycles. The predicted molar refractivity (Wildman–Crippen MR) is 132 cm³/mol. The molecule has 4 aliphatic carbocycles. The highest BCUT2D eigenvalue weighted by molar-refractivity contribution is 5.90. The summed E-state index contributed by atoms with van der Waals surface area (Å²) in [6, 6.07) is 0. The number of hydrogen-bond donors (Lipinski definition) is 2. The Bertz CT molecular complexity index is 1020. The summed E-state index contributed by atoms with van der Waals surface area (Å²) in [6.07, 6.45) is 2.99. The van der Waals surface area contributed by atoms with Gasteiger partial charge in [-0.2, -0.15) is 0 Å². The van der Waals surface area contributed by atoms with Crippen molar-refractivity contribution in [1.29, 1.82) is 0 Å². The number of carbonyl (C=O) groups is 2. The number of hydrogen-bond acceptors (Lipinski definition) is 7. The first-order valence-electron chi connectivity index (χ1n) is 14.1. The average molecular weight is 519 g/mol. The number of allylic oxidation sites excluding steroid dienone is 1. The first kappa shape index (κ1) is 25.9. The number of carboxylic acids is 1. The molecule has 0 radical (unpaired) electrons. The van der Waals surface area contributed by atoms with Crippen LogP contribution in [0, 0.1) is 45.8 Å². The van der Waals surface area contributed by atoms with Crippen molar-refractivity contribution in [3.63, 3.8) is 0 Å². The van der Waals surface area contributed by atoms with Crippen LogP contribution in [0.1, 0.15) is 67.2 Å². The molecule has 2 aliphatic heterocycles. The third-order valence-electron chi connectivity index (χ3n) is 11.2. The van der Waals surface area contributed by atoms with Gasteiger partial charge in [0, 0.05) is 5.41 Å². The summed E-state index contributed by atoms with van der Waals surface area (Å²) >= 11 is 0. The van der Waals surface area contributed by atoms with Gasteiger partial charge in [0.15, 0.2) is 12.1 Å². The van der Waals surface area contributed by atoms with Crippen molar-refractivity contribution in [2.45, 2.75) is 104 Å². The summed E-state index contributed by atoms with van der Waals surface area (Å²) in [5.74, 6) is -1.03. The third-order valence-corrected chi connectivity index (χ3v) is 11.2. The minimum atomic E-state index is -1.29. The highest BCUT2D eigenvalue weighted by atomic mass is 16.8. The van der Waals surface area contributed by atoms with E-state index in [9.17, 15) is 19.8 Å². The number of ether oxygens (including phenoxy) is 4. The largest absolute Gasteiger partial charge is 0.481 e. The van der Waals surface area contributed by atoms with Gasteiger partial charge in [-0.15, -0.1) is 0 Å². The Balaban J connectivity index is 1.41. The minimum Gasteiger partial charge on any atom is -0.481 e. The Morgan fingerprint density at radius 3 is 2.54 bits per heavy atom. The Kier molecular flexibility index (Phi) is 5.68. The van der Waals surface area contributed by atoms with E-state index in [4.69, 9.17) is 18.9 Å². The summed E-state index contributed by atoms with van der Waals surface area (Å²) in [4.78, 5) is 26.8. The van der Waals surface area contributed by atoms with Gasteiger partial charge >= 0.3 is 5.97 Å². The Morgan fingerprint density at radius 2 is 1.89 bits per heavy atom. The van der Waals surface area contributed by atoms with E-state index >= 15 is 0 Å². The molecule has 12 atom stereocenters. The molecule has 2 heterocycles. The second-order valence-electron chi connectivity index (χ2n) is 13.6. The van der Waals surface area contributed by atoms with E-state index < -0.39 is 58.7 Å². The molecule has 0 aromatic rings. The molecule has 2 saturated heterocycles. The molecule has 6 aliphatic rings. The maximum Gasteiger partial charge on any atom is 0.315 e. The molecule has 2 N–H and O–H groups in total. The van der Waals surface area contributed by atoms with Crippen molar-refractivity contribution in [3.8, 4) is 0 Å². The lowest BCUT2D eigenvalue weighted by molar-refractivity contribution is -0.285. The second-order valence-corrected chi connectivity index (χ2v) is 13.6. The Labute approximate surface area is 219 Å². The number of aldehydes is 1. The van der Waals surface area contributed by atoms with Crippen LogP contribution in [0.15, 0.2) is 11.6 Å². The van der Waals surface area contributed by atoms with Gasteiger partial charge in [0.1, 0.15) is 30.0 Å². The first-order chi connectivity index (χ1) is 17.3. The lowest BCUT2D eigenvalue weighted by atomic mass is 9.43. The molecule has 4 bridgehead atoms. The minimum absolute atomic E-state index is 0.00771. The molecule has 8 nitrogen and oxygen atoms in total. The van der Waals surface area contributed by atoms with Gasteiger partial charge in [-0.1, -0.05) is 38.8 Å². The highest BCUT2D eigenvalue weighted by Gasteiger charge is 2.84. The van der Waals surface area contributed by atoms with Crippen LogP contribution in [0.25, 0.3) is 0 Å². The second kappa shape index (κ2) is 8.10. The van der Waals surface area contributed by atoms with Gasteiger partial charge in [-0.3, -0.25) is 4.79 Å². The van der Waals surface area contributed by atoms with E-state index in [0.717, 1.165) is 31.1 Å². The zero-order valence-corrected chi connectivity index (χ0v) is 22.8. The predicted octanol–water partition coefficient (Wildman–Crippen LogP) is 3.55. The van der Waals surface area contributed by atoms with E-state index in [2.05, 4.69) is 13.0 Å². The fourth-order valence-corrected chi connectivity index (χ4v) is 9.93. The molecular weight excluding hydrogens is 476 g/mol. The molecule has 206 valence electrons. The van der Waals surface area contributed by atoms with Crippen LogP contribution in [-0.4, -0.2) is 65.6 Å². The molecule has 0 unspecified atom stereocenters. The van der Waals surface area contributed by atoms with Crippen molar-refractivity contribution in [1.82, 2.24) is 0 Å². The summed E-state index contributed by atoms with van der Waals surface area (Å²) in [7, 11) is 0. The monoisotopic (exact) mass is 518 g/mol. The third kappa shape index (κ3) is 3.02. The number of aliphatic carboxylic acids is 1. The molecule has 37 heavy (non-hydrogen) atoms. The van der Waals surface area contributed by atoms with Crippen LogP contribution < -0.4 is 0 Å². The quantitative estimate of drug-likeness (QED) is 0.406. The van der Waals surface area contributed by atoms with Crippen molar-refractivity contribution in [2.75, 3.05) is 6.61 Å². The maximum atomic E-state index is 13.6. The van der Waals surface area contributed by atoms with E-state index in [1.807, 2.05) is 13.8 Å². The lowest BCUT2D eigenvalue weighted by Crippen LogP contribution is -2.64. The maximum absolute atomic E-state index is 13.6. The van der Waals surface area contributed by atoms with Crippen LogP contribution in [0.3, 0.4) is 0 Å².